The molecule has 0 saturated carbocycles. The van der Waals surface area contributed by atoms with Crippen LogP contribution in [-0.2, 0) is 0 Å². The van der Waals surface area contributed by atoms with Crippen molar-refractivity contribution in [1.82, 2.24) is 9.78 Å². The molecule has 0 unspecified atom stereocenters. The normalized spacial score (nSPS) is 11.2. The molecule has 0 fully saturated rings. The zero-order chi connectivity index (χ0) is 18.0. The van der Waals surface area contributed by atoms with Gasteiger partial charge < -0.3 is 0 Å². The molecular formula is C20H19N3O2. The van der Waals surface area contributed by atoms with Crippen molar-refractivity contribution in [3.8, 4) is 5.69 Å². The van der Waals surface area contributed by atoms with Gasteiger partial charge >= 0.3 is 0 Å². The Hall–Kier alpha value is -3.21. The van der Waals surface area contributed by atoms with E-state index in [1.165, 1.54) is 11.6 Å². The van der Waals surface area contributed by atoms with Crippen molar-refractivity contribution in [3.63, 3.8) is 0 Å². The zero-order valence-electron chi connectivity index (χ0n) is 14.4. The first-order chi connectivity index (χ1) is 12.0. The minimum Gasteiger partial charge on any atom is -0.295 e. The molecule has 1 heterocycles. The summed E-state index contributed by atoms with van der Waals surface area (Å²) in [5.74, 6) is 0.0122. The van der Waals surface area contributed by atoms with Gasteiger partial charge in [-0.15, -0.1) is 0 Å². The van der Waals surface area contributed by atoms with Gasteiger partial charge in [0, 0.05) is 17.5 Å². The Morgan fingerprint density at radius 2 is 1.76 bits per heavy atom. The van der Waals surface area contributed by atoms with Crippen molar-refractivity contribution >= 4 is 17.7 Å². The van der Waals surface area contributed by atoms with E-state index in [1.54, 1.807) is 30.5 Å². The Kier molecular flexibility index (Phi) is 4.48. The number of carbonyl (C=O) groups excluding carboxylic acids is 1. The lowest BCUT2D eigenvalue weighted by Crippen LogP contribution is -2.18. The standard InChI is InChI=1S/C20H19N3O2/c1-13-6-4-5-7-19(13)23-20(25)18(14(2)22-23)12-21-17-10-8-16(9-11-17)15(3)24/h4-12,22H,1-3H3. The molecule has 0 spiro atoms. The molecule has 0 aliphatic carbocycles. The molecule has 0 radical (unpaired) electrons. The Morgan fingerprint density at radius 3 is 2.40 bits per heavy atom. The highest BCUT2D eigenvalue weighted by Gasteiger charge is 2.11. The fourth-order valence-electron chi connectivity index (χ4n) is 2.62. The van der Waals surface area contributed by atoms with Crippen LogP contribution in [0.3, 0.4) is 0 Å². The molecule has 0 saturated heterocycles. The first-order valence-corrected chi connectivity index (χ1v) is 8.00. The number of para-hydroxylation sites is 1. The average molecular weight is 333 g/mol. The maximum atomic E-state index is 12.7. The minimum atomic E-state index is -0.143. The lowest BCUT2D eigenvalue weighted by Gasteiger charge is -2.04. The van der Waals surface area contributed by atoms with E-state index in [9.17, 15) is 9.59 Å². The lowest BCUT2D eigenvalue weighted by molar-refractivity contribution is 0.101. The monoisotopic (exact) mass is 333 g/mol. The molecule has 25 heavy (non-hydrogen) atoms. The van der Waals surface area contributed by atoms with E-state index in [4.69, 9.17) is 0 Å². The number of aromatic nitrogens is 2. The van der Waals surface area contributed by atoms with Crippen LogP contribution < -0.4 is 5.56 Å². The molecule has 5 heteroatoms. The van der Waals surface area contributed by atoms with E-state index in [1.807, 2.05) is 38.1 Å². The van der Waals surface area contributed by atoms with Crippen molar-refractivity contribution in [2.45, 2.75) is 20.8 Å². The van der Waals surface area contributed by atoms with E-state index in [0.29, 0.717) is 16.8 Å². The van der Waals surface area contributed by atoms with Crippen LogP contribution in [0.15, 0.2) is 58.3 Å². The molecule has 3 rings (SSSR count). The molecule has 5 nitrogen and oxygen atoms in total. The van der Waals surface area contributed by atoms with Crippen molar-refractivity contribution in [2.24, 2.45) is 4.99 Å². The summed E-state index contributed by atoms with van der Waals surface area (Å²) in [4.78, 5) is 28.4. The molecule has 1 N–H and O–H groups in total. The second-order valence-electron chi connectivity index (χ2n) is 5.94. The smallest absolute Gasteiger partial charge is 0.280 e. The van der Waals surface area contributed by atoms with Crippen LogP contribution in [0.1, 0.15) is 34.1 Å². The largest absolute Gasteiger partial charge is 0.295 e. The number of benzene rings is 2. The third-order valence-corrected chi connectivity index (χ3v) is 4.09. The number of hydrogen-bond donors (Lipinski definition) is 1. The fraction of sp³-hybridized carbons (Fsp3) is 0.150. The number of rotatable bonds is 4. The van der Waals surface area contributed by atoms with Crippen LogP contribution in [0.25, 0.3) is 5.69 Å². The van der Waals surface area contributed by atoms with E-state index in [-0.39, 0.29) is 11.3 Å². The number of aliphatic imine (C=N–C) groups is 1. The third kappa shape index (κ3) is 3.35. The van der Waals surface area contributed by atoms with Crippen LogP contribution in [0.5, 0.6) is 0 Å². The predicted molar refractivity (Wildman–Crippen MR) is 99.6 cm³/mol. The topological polar surface area (TPSA) is 67.2 Å². The molecule has 0 atom stereocenters. The van der Waals surface area contributed by atoms with Crippen LogP contribution in [-0.4, -0.2) is 21.8 Å². The maximum absolute atomic E-state index is 12.7. The first kappa shape index (κ1) is 16.6. The number of carbonyl (C=O) groups is 1. The van der Waals surface area contributed by atoms with Gasteiger partial charge in [-0.2, -0.15) is 0 Å². The number of aryl methyl sites for hydroxylation is 2. The minimum absolute atomic E-state index is 0.0122. The zero-order valence-corrected chi connectivity index (χ0v) is 14.4. The second kappa shape index (κ2) is 6.73. The van der Waals surface area contributed by atoms with E-state index >= 15 is 0 Å². The van der Waals surface area contributed by atoms with Gasteiger partial charge in [-0.25, -0.2) is 4.68 Å². The summed E-state index contributed by atoms with van der Waals surface area (Å²) in [6.07, 6.45) is 1.56. The van der Waals surface area contributed by atoms with E-state index in [2.05, 4.69) is 10.1 Å². The van der Waals surface area contributed by atoms with Gasteiger partial charge in [0.25, 0.3) is 5.56 Å². The summed E-state index contributed by atoms with van der Waals surface area (Å²) in [6.45, 7) is 5.33. The van der Waals surface area contributed by atoms with E-state index in [0.717, 1.165) is 16.9 Å². The highest BCUT2D eigenvalue weighted by molar-refractivity contribution is 5.94. The fourth-order valence-corrected chi connectivity index (χ4v) is 2.62. The van der Waals surface area contributed by atoms with Crippen molar-refractivity contribution in [3.05, 3.63) is 81.3 Å². The molecule has 1 aromatic heterocycles. The maximum Gasteiger partial charge on any atom is 0.280 e. The average Bonchev–Trinajstić information content (AvgIpc) is 2.88. The summed E-state index contributed by atoms with van der Waals surface area (Å²) in [5.41, 5.74) is 4.27. The number of hydrogen-bond acceptors (Lipinski definition) is 3. The van der Waals surface area contributed by atoms with Crippen LogP contribution in [0.2, 0.25) is 0 Å². The summed E-state index contributed by atoms with van der Waals surface area (Å²) in [7, 11) is 0. The quantitative estimate of drug-likeness (QED) is 0.584. The van der Waals surface area contributed by atoms with E-state index < -0.39 is 0 Å². The summed E-state index contributed by atoms with van der Waals surface area (Å²) in [5, 5.41) is 3.10. The van der Waals surface area contributed by atoms with Gasteiger partial charge in [-0.1, -0.05) is 18.2 Å². The number of Topliss-reactive ketones (excluding diaryl/α,β-unsaturated/α-hetero) is 1. The number of aromatic amines is 1. The highest BCUT2D eigenvalue weighted by Crippen LogP contribution is 2.15. The van der Waals surface area contributed by atoms with Crippen molar-refractivity contribution < 1.29 is 4.79 Å². The van der Waals surface area contributed by atoms with Crippen molar-refractivity contribution in [2.75, 3.05) is 0 Å². The molecule has 126 valence electrons. The number of H-pyrrole nitrogens is 1. The number of ketones is 1. The van der Waals surface area contributed by atoms with Crippen molar-refractivity contribution in [1.29, 1.82) is 0 Å². The van der Waals surface area contributed by atoms with Gasteiger partial charge in [0.05, 0.1) is 16.9 Å². The molecule has 3 aromatic rings. The first-order valence-electron chi connectivity index (χ1n) is 8.00. The highest BCUT2D eigenvalue weighted by atomic mass is 16.1. The van der Waals surface area contributed by atoms with Crippen LogP contribution in [0, 0.1) is 13.8 Å². The summed E-state index contributed by atoms with van der Waals surface area (Å²) in [6, 6.07) is 14.7. The van der Waals surface area contributed by atoms with Gasteiger partial charge in [0.15, 0.2) is 5.78 Å². The molecule has 0 aliphatic rings. The molecule has 0 aliphatic heterocycles. The van der Waals surface area contributed by atoms with Gasteiger partial charge in [0.1, 0.15) is 0 Å². The van der Waals surface area contributed by atoms with Gasteiger partial charge in [0.2, 0.25) is 0 Å². The summed E-state index contributed by atoms with van der Waals surface area (Å²) >= 11 is 0. The SMILES string of the molecule is CC(=O)c1ccc(N=Cc2c(C)[nH]n(-c3ccccc3C)c2=O)cc1. The second-order valence-corrected chi connectivity index (χ2v) is 5.94. The van der Waals surface area contributed by atoms with Gasteiger partial charge in [-0.05, 0) is 56.7 Å². The summed E-state index contributed by atoms with van der Waals surface area (Å²) < 4.78 is 1.53. The molecule has 0 bridgehead atoms. The van der Waals surface area contributed by atoms with Crippen LogP contribution in [0.4, 0.5) is 5.69 Å². The van der Waals surface area contributed by atoms with Crippen LogP contribution >= 0.6 is 0 Å². The van der Waals surface area contributed by atoms with Gasteiger partial charge in [-0.3, -0.25) is 19.7 Å². The predicted octanol–water partition coefficient (Wildman–Crippen LogP) is 3.74. The number of nitrogens with zero attached hydrogens (tertiary/aromatic N) is 2. The Balaban J connectivity index is 1.95. The Bertz CT molecular complexity index is 1010. The Morgan fingerprint density at radius 1 is 1.08 bits per heavy atom. The Labute approximate surface area is 145 Å². The molecular weight excluding hydrogens is 314 g/mol. The molecule has 2 aromatic carbocycles. The molecule has 0 amide bonds. The lowest BCUT2D eigenvalue weighted by atomic mass is 10.1. The number of nitrogens with one attached hydrogen (secondary N) is 1. The third-order valence-electron chi connectivity index (χ3n) is 4.09.